The number of piperazine rings is 1. The lowest BCUT2D eigenvalue weighted by atomic mass is 10.1. The Morgan fingerprint density at radius 1 is 0.913 bits per heavy atom. The number of hydrogen-bond acceptors (Lipinski definition) is 2. The quantitative estimate of drug-likeness (QED) is 0.866. The summed E-state index contributed by atoms with van der Waals surface area (Å²) in [5.41, 5.74) is 2.04. The molecule has 1 aliphatic rings. The SMILES string of the molecule is O=C(Cc1cccc(F)c1)N1CCN(Cc2ccccc2)CC1. The summed E-state index contributed by atoms with van der Waals surface area (Å²) in [6, 6.07) is 16.7. The van der Waals surface area contributed by atoms with Crippen molar-refractivity contribution in [1.29, 1.82) is 0 Å². The van der Waals surface area contributed by atoms with Gasteiger partial charge in [0.15, 0.2) is 0 Å². The van der Waals surface area contributed by atoms with Crippen molar-refractivity contribution in [3.63, 3.8) is 0 Å². The Bertz CT molecular complexity index is 651. The zero-order chi connectivity index (χ0) is 16.1. The minimum absolute atomic E-state index is 0.0787. The van der Waals surface area contributed by atoms with E-state index in [1.807, 2.05) is 23.1 Å². The third-order valence-corrected chi connectivity index (χ3v) is 4.22. The maximum Gasteiger partial charge on any atom is 0.227 e. The highest BCUT2D eigenvalue weighted by molar-refractivity contribution is 5.78. The molecule has 0 saturated carbocycles. The lowest BCUT2D eigenvalue weighted by Crippen LogP contribution is -2.48. The molecule has 3 rings (SSSR count). The first-order valence-electron chi connectivity index (χ1n) is 7.99. The van der Waals surface area contributed by atoms with Crippen LogP contribution in [-0.4, -0.2) is 41.9 Å². The summed E-state index contributed by atoms with van der Waals surface area (Å²) in [6.45, 7) is 4.16. The molecule has 23 heavy (non-hydrogen) atoms. The van der Waals surface area contributed by atoms with Gasteiger partial charge in [0, 0.05) is 32.7 Å². The van der Waals surface area contributed by atoms with Gasteiger partial charge >= 0.3 is 0 Å². The summed E-state index contributed by atoms with van der Waals surface area (Å²) in [5, 5.41) is 0. The molecule has 0 radical (unpaired) electrons. The number of carbonyl (C=O) groups excluding carboxylic acids is 1. The van der Waals surface area contributed by atoms with Crippen LogP contribution in [0, 0.1) is 5.82 Å². The van der Waals surface area contributed by atoms with E-state index in [9.17, 15) is 9.18 Å². The van der Waals surface area contributed by atoms with Crippen molar-refractivity contribution in [2.75, 3.05) is 26.2 Å². The van der Waals surface area contributed by atoms with Gasteiger partial charge in [-0.05, 0) is 23.3 Å². The second-order valence-electron chi connectivity index (χ2n) is 5.95. The number of carbonyl (C=O) groups is 1. The minimum Gasteiger partial charge on any atom is -0.340 e. The van der Waals surface area contributed by atoms with Gasteiger partial charge in [0.1, 0.15) is 5.82 Å². The Morgan fingerprint density at radius 2 is 1.61 bits per heavy atom. The third-order valence-electron chi connectivity index (χ3n) is 4.22. The van der Waals surface area contributed by atoms with Gasteiger partial charge in [-0.3, -0.25) is 9.69 Å². The molecule has 1 aliphatic heterocycles. The number of hydrogen-bond donors (Lipinski definition) is 0. The van der Waals surface area contributed by atoms with E-state index in [0.29, 0.717) is 0 Å². The summed E-state index contributed by atoms with van der Waals surface area (Å²) in [5.74, 6) is -0.210. The van der Waals surface area contributed by atoms with Crippen LogP contribution >= 0.6 is 0 Å². The Morgan fingerprint density at radius 3 is 2.30 bits per heavy atom. The van der Waals surface area contributed by atoms with Gasteiger partial charge in [-0.15, -0.1) is 0 Å². The second-order valence-corrected chi connectivity index (χ2v) is 5.95. The van der Waals surface area contributed by atoms with Crippen LogP contribution in [0.4, 0.5) is 4.39 Å². The molecular weight excluding hydrogens is 291 g/mol. The van der Waals surface area contributed by atoms with Gasteiger partial charge in [-0.2, -0.15) is 0 Å². The molecule has 2 aromatic carbocycles. The van der Waals surface area contributed by atoms with Gasteiger partial charge in [-0.1, -0.05) is 42.5 Å². The lowest BCUT2D eigenvalue weighted by Gasteiger charge is -2.34. The highest BCUT2D eigenvalue weighted by Crippen LogP contribution is 2.11. The van der Waals surface area contributed by atoms with Gasteiger partial charge in [-0.25, -0.2) is 4.39 Å². The summed E-state index contributed by atoms with van der Waals surface area (Å²) >= 11 is 0. The predicted molar refractivity (Wildman–Crippen MR) is 88.4 cm³/mol. The molecule has 4 heteroatoms. The number of halogens is 1. The molecule has 120 valence electrons. The van der Waals surface area contributed by atoms with E-state index in [-0.39, 0.29) is 18.1 Å². The van der Waals surface area contributed by atoms with Gasteiger partial charge in [0.05, 0.1) is 6.42 Å². The smallest absolute Gasteiger partial charge is 0.227 e. The van der Waals surface area contributed by atoms with Gasteiger partial charge in [0.25, 0.3) is 0 Å². The monoisotopic (exact) mass is 312 g/mol. The van der Waals surface area contributed by atoms with E-state index >= 15 is 0 Å². The average Bonchev–Trinajstić information content (AvgIpc) is 2.56. The van der Waals surface area contributed by atoms with Gasteiger partial charge in [0.2, 0.25) is 5.91 Å². The van der Waals surface area contributed by atoms with E-state index < -0.39 is 0 Å². The summed E-state index contributed by atoms with van der Waals surface area (Å²) in [7, 11) is 0. The van der Waals surface area contributed by atoms with Crippen LogP contribution in [0.5, 0.6) is 0 Å². The Labute approximate surface area is 136 Å². The third kappa shape index (κ3) is 4.39. The van der Waals surface area contributed by atoms with Crippen LogP contribution in [0.3, 0.4) is 0 Å². The van der Waals surface area contributed by atoms with Crippen LogP contribution in [-0.2, 0) is 17.8 Å². The van der Waals surface area contributed by atoms with Crippen molar-refractivity contribution < 1.29 is 9.18 Å². The van der Waals surface area contributed by atoms with Gasteiger partial charge < -0.3 is 4.90 Å². The standard InChI is InChI=1S/C19H21FN2O/c20-18-8-4-7-17(13-18)14-19(23)22-11-9-21(10-12-22)15-16-5-2-1-3-6-16/h1-8,13H,9-12,14-15H2. The average molecular weight is 312 g/mol. The molecule has 0 N–H and O–H groups in total. The predicted octanol–water partition coefficient (Wildman–Crippen LogP) is 2.71. The molecule has 1 fully saturated rings. The normalized spacial score (nSPS) is 15.6. The maximum atomic E-state index is 13.2. The van der Waals surface area contributed by atoms with Crippen molar-refractivity contribution in [1.82, 2.24) is 9.80 Å². The molecule has 0 atom stereocenters. The van der Waals surface area contributed by atoms with Crippen LogP contribution in [0.25, 0.3) is 0 Å². The molecule has 0 aliphatic carbocycles. The molecule has 1 saturated heterocycles. The largest absolute Gasteiger partial charge is 0.340 e. The van der Waals surface area contributed by atoms with E-state index in [1.165, 1.54) is 17.7 Å². The number of amides is 1. The van der Waals surface area contributed by atoms with E-state index in [0.717, 1.165) is 38.3 Å². The first-order chi connectivity index (χ1) is 11.2. The first-order valence-corrected chi connectivity index (χ1v) is 7.99. The van der Waals surface area contributed by atoms with Crippen LogP contribution in [0.1, 0.15) is 11.1 Å². The Balaban J connectivity index is 1.49. The number of benzene rings is 2. The fraction of sp³-hybridized carbons (Fsp3) is 0.316. The molecular formula is C19H21FN2O. The number of rotatable bonds is 4. The minimum atomic E-state index is -0.289. The van der Waals surface area contributed by atoms with Crippen molar-refractivity contribution in [2.24, 2.45) is 0 Å². The first kappa shape index (κ1) is 15.7. The van der Waals surface area contributed by atoms with Crippen molar-refractivity contribution >= 4 is 5.91 Å². The van der Waals surface area contributed by atoms with Crippen LogP contribution in [0.15, 0.2) is 54.6 Å². The maximum absolute atomic E-state index is 13.2. The number of nitrogens with zero attached hydrogens (tertiary/aromatic N) is 2. The molecule has 1 amide bonds. The zero-order valence-electron chi connectivity index (χ0n) is 13.1. The Kier molecular flexibility index (Phi) is 5.03. The molecule has 0 unspecified atom stereocenters. The summed E-state index contributed by atoms with van der Waals surface area (Å²) < 4.78 is 13.2. The van der Waals surface area contributed by atoms with E-state index in [1.54, 1.807) is 12.1 Å². The molecule has 0 aromatic heterocycles. The van der Waals surface area contributed by atoms with Crippen molar-refractivity contribution in [3.8, 4) is 0 Å². The fourth-order valence-electron chi connectivity index (χ4n) is 2.93. The second kappa shape index (κ2) is 7.38. The molecule has 0 bridgehead atoms. The van der Waals surface area contributed by atoms with Crippen LogP contribution < -0.4 is 0 Å². The highest BCUT2D eigenvalue weighted by Gasteiger charge is 2.21. The summed E-state index contributed by atoms with van der Waals surface area (Å²) in [4.78, 5) is 16.6. The zero-order valence-corrected chi connectivity index (χ0v) is 13.1. The fourth-order valence-corrected chi connectivity index (χ4v) is 2.93. The van der Waals surface area contributed by atoms with Crippen molar-refractivity contribution in [3.05, 3.63) is 71.5 Å². The topological polar surface area (TPSA) is 23.6 Å². The molecule has 0 spiro atoms. The summed E-state index contributed by atoms with van der Waals surface area (Å²) in [6.07, 6.45) is 0.274. The van der Waals surface area contributed by atoms with Crippen LogP contribution in [0.2, 0.25) is 0 Å². The molecule has 2 aromatic rings. The molecule has 3 nitrogen and oxygen atoms in total. The Hall–Kier alpha value is -2.20. The highest BCUT2D eigenvalue weighted by atomic mass is 19.1. The molecule has 1 heterocycles. The van der Waals surface area contributed by atoms with Crippen molar-refractivity contribution in [2.45, 2.75) is 13.0 Å². The van der Waals surface area contributed by atoms with E-state index in [4.69, 9.17) is 0 Å². The van der Waals surface area contributed by atoms with E-state index in [2.05, 4.69) is 17.0 Å². The lowest BCUT2D eigenvalue weighted by molar-refractivity contribution is -0.132.